The lowest BCUT2D eigenvalue weighted by Crippen LogP contribution is -2.19. The Balaban J connectivity index is 2.24. The van der Waals surface area contributed by atoms with Crippen LogP contribution in [0.15, 0.2) is 24.4 Å². The second-order valence-corrected chi connectivity index (χ2v) is 5.20. The molecule has 0 aliphatic carbocycles. The van der Waals surface area contributed by atoms with Crippen LogP contribution in [0.3, 0.4) is 0 Å². The maximum absolute atomic E-state index is 12.6. The van der Waals surface area contributed by atoms with Crippen molar-refractivity contribution in [2.24, 2.45) is 0 Å². The van der Waals surface area contributed by atoms with Gasteiger partial charge in [-0.2, -0.15) is 18.3 Å². The molecule has 2 heterocycles. The van der Waals surface area contributed by atoms with Crippen molar-refractivity contribution in [2.45, 2.75) is 39.4 Å². The second kappa shape index (κ2) is 6.39. The Morgan fingerprint density at radius 1 is 1.35 bits per heavy atom. The molecule has 1 N–H and O–H groups in total. The average Bonchev–Trinajstić information content (AvgIpc) is 2.93. The number of aryl methyl sites for hydroxylation is 1. The zero-order chi connectivity index (χ0) is 17.2. The van der Waals surface area contributed by atoms with E-state index >= 15 is 0 Å². The number of nitrogens with zero attached hydrogens (tertiary/aromatic N) is 3. The Morgan fingerprint density at radius 2 is 2.04 bits per heavy atom. The molecule has 124 valence electrons. The summed E-state index contributed by atoms with van der Waals surface area (Å²) in [7, 11) is 0. The van der Waals surface area contributed by atoms with Gasteiger partial charge in [0.25, 0.3) is 5.91 Å². The summed E-state index contributed by atoms with van der Waals surface area (Å²) in [5.41, 5.74) is -0.905. The minimum atomic E-state index is -4.53. The fourth-order valence-electron chi connectivity index (χ4n) is 2.08. The zero-order valence-corrected chi connectivity index (χ0v) is 13.0. The van der Waals surface area contributed by atoms with Crippen LogP contribution in [0.5, 0.6) is 0 Å². The van der Waals surface area contributed by atoms with Gasteiger partial charge < -0.3 is 5.32 Å². The highest BCUT2D eigenvalue weighted by Crippen LogP contribution is 2.28. The van der Waals surface area contributed by atoms with Gasteiger partial charge in [-0.05, 0) is 32.4 Å². The molecule has 0 radical (unpaired) electrons. The van der Waals surface area contributed by atoms with Crippen molar-refractivity contribution in [3.05, 3.63) is 41.3 Å². The molecule has 0 bridgehead atoms. The summed E-state index contributed by atoms with van der Waals surface area (Å²) in [4.78, 5) is 15.7. The van der Waals surface area contributed by atoms with E-state index in [0.29, 0.717) is 5.82 Å². The average molecular weight is 326 g/mol. The molecule has 0 spiro atoms. The van der Waals surface area contributed by atoms with Gasteiger partial charge in [0.2, 0.25) is 0 Å². The van der Waals surface area contributed by atoms with Gasteiger partial charge in [-0.1, -0.05) is 6.92 Å². The summed E-state index contributed by atoms with van der Waals surface area (Å²) < 4.78 is 39.5. The van der Waals surface area contributed by atoms with Gasteiger partial charge in [0.15, 0.2) is 0 Å². The SMILES string of the molecule is CCC(C)n1nccc1NC(=O)c1ccc(C(F)(F)F)nc1C. The first-order valence-corrected chi connectivity index (χ1v) is 7.13. The molecule has 23 heavy (non-hydrogen) atoms. The van der Waals surface area contributed by atoms with Crippen LogP contribution in [0.4, 0.5) is 19.0 Å². The molecule has 8 heteroatoms. The van der Waals surface area contributed by atoms with Crippen LogP contribution in [-0.4, -0.2) is 20.7 Å². The molecule has 0 saturated carbocycles. The van der Waals surface area contributed by atoms with E-state index in [1.807, 2.05) is 13.8 Å². The minimum absolute atomic E-state index is 0.0203. The van der Waals surface area contributed by atoms with Crippen LogP contribution in [0.2, 0.25) is 0 Å². The van der Waals surface area contributed by atoms with Gasteiger partial charge >= 0.3 is 6.18 Å². The molecule has 2 aromatic heterocycles. The Bertz CT molecular complexity index is 709. The number of alkyl halides is 3. The van der Waals surface area contributed by atoms with Crippen molar-refractivity contribution in [2.75, 3.05) is 5.32 Å². The van der Waals surface area contributed by atoms with E-state index in [1.54, 1.807) is 16.9 Å². The Labute approximate surface area is 131 Å². The third kappa shape index (κ3) is 3.69. The lowest BCUT2D eigenvalue weighted by atomic mass is 10.1. The first-order valence-electron chi connectivity index (χ1n) is 7.13. The van der Waals surface area contributed by atoms with Gasteiger partial charge in [-0.3, -0.25) is 4.79 Å². The Morgan fingerprint density at radius 3 is 2.61 bits per heavy atom. The summed E-state index contributed by atoms with van der Waals surface area (Å²) in [6, 6.07) is 3.65. The summed E-state index contributed by atoms with van der Waals surface area (Å²) >= 11 is 0. The van der Waals surface area contributed by atoms with Crippen molar-refractivity contribution in [3.63, 3.8) is 0 Å². The highest BCUT2D eigenvalue weighted by atomic mass is 19.4. The van der Waals surface area contributed by atoms with Crippen LogP contribution in [-0.2, 0) is 6.18 Å². The molecule has 2 rings (SSSR count). The first-order chi connectivity index (χ1) is 10.7. The van der Waals surface area contributed by atoms with E-state index in [4.69, 9.17) is 0 Å². The van der Waals surface area contributed by atoms with Gasteiger partial charge in [0, 0.05) is 6.07 Å². The van der Waals surface area contributed by atoms with Crippen LogP contribution < -0.4 is 5.32 Å². The lowest BCUT2D eigenvalue weighted by molar-refractivity contribution is -0.141. The molecule has 0 aromatic carbocycles. The molecule has 0 aliphatic heterocycles. The fourth-order valence-corrected chi connectivity index (χ4v) is 2.08. The zero-order valence-electron chi connectivity index (χ0n) is 13.0. The third-order valence-corrected chi connectivity index (χ3v) is 3.54. The number of anilines is 1. The summed E-state index contributed by atoms with van der Waals surface area (Å²) in [5.74, 6) is -0.0302. The molecule has 0 fully saturated rings. The molecular weight excluding hydrogens is 309 g/mol. The maximum atomic E-state index is 12.6. The van der Waals surface area contributed by atoms with Crippen molar-refractivity contribution < 1.29 is 18.0 Å². The van der Waals surface area contributed by atoms with E-state index in [2.05, 4.69) is 15.4 Å². The van der Waals surface area contributed by atoms with Crippen LogP contribution in [0.1, 0.15) is 48.1 Å². The Kier molecular flexibility index (Phi) is 4.72. The lowest BCUT2D eigenvalue weighted by Gasteiger charge is -2.15. The van der Waals surface area contributed by atoms with Crippen molar-refractivity contribution in [1.82, 2.24) is 14.8 Å². The van der Waals surface area contributed by atoms with Gasteiger partial charge in [-0.15, -0.1) is 0 Å². The molecule has 1 atom stereocenters. The van der Waals surface area contributed by atoms with Gasteiger partial charge in [0.1, 0.15) is 11.5 Å². The van der Waals surface area contributed by atoms with Crippen LogP contribution in [0, 0.1) is 6.92 Å². The number of hydrogen-bond donors (Lipinski definition) is 1. The highest BCUT2D eigenvalue weighted by molar-refractivity contribution is 6.04. The normalized spacial score (nSPS) is 13.0. The predicted octanol–water partition coefficient (Wildman–Crippen LogP) is 3.83. The first kappa shape index (κ1) is 17.0. The number of carbonyl (C=O) groups is 1. The molecule has 0 saturated heterocycles. The number of rotatable bonds is 4. The number of amides is 1. The Hall–Kier alpha value is -2.38. The molecule has 1 amide bonds. The number of aromatic nitrogens is 3. The molecule has 5 nitrogen and oxygen atoms in total. The van der Waals surface area contributed by atoms with Crippen molar-refractivity contribution in [3.8, 4) is 0 Å². The number of halogens is 3. The van der Waals surface area contributed by atoms with Crippen molar-refractivity contribution >= 4 is 11.7 Å². The standard InChI is InChI=1S/C15H17F3N4O/c1-4-9(2)22-13(7-8-19-22)21-14(23)11-5-6-12(15(16,17)18)20-10(11)3/h5-9H,4H2,1-3H3,(H,21,23). The molecule has 1 unspecified atom stereocenters. The largest absolute Gasteiger partial charge is 0.433 e. The number of pyridine rings is 1. The van der Waals surface area contributed by atoms with E-state index in [1.165, 1.54) is 6.92 Å². The van der Waals surface area contributed by atoms with E-state index < -0.39 is 17.8 Å². The number of carbonyl (C=O) groups excluding carboxylic acids is 1. The fraction of sp³-hybridized carbons (Fsp3) is 0.400. The summed E-state index contributed by atoms with van der Waals surface area (Å²) in [6.45, 7) is 5.31. The van der Waals surface area contributed by atoms with Gasteiger partial charge in [0.05, 0.1) is 23.5 Å². The molecular formula is C15H17F3N4O. The second-order valence-electron chi connectivity index (χ2n) is 5.20. The topological polar surface area (TPSA) is 59.8 Å². The summed E-state index contributed by atoms with van der Waals surface area (Å²) in [6.07, 6.45) is -2.15. The minimum Gasteiger partial charge on any atom is -0.307 e. The number of nitrogens with one attached hydrogen (secondary N) is 1. The predicted molar refractivity (Wildman–Crippen MR) is 79.2 cm³/mol. The number of hydrogen-bond acceptors (Lipinski definition) is 3. The van der Waals surface area contributed by atoms with Gasteiger partial charge in [-0.25, -0.2) is 9.67 Å². The van der Waals surface area contributed by atoms with Crippen molar-refractivity contribution in [1.29, 1.82) is 0 Å². The highest BCUT2D eigenvalue weighted by Gasteiger charge is 2.33. The quantitative estimate of drug-likeness (QED) is 0.929. The van der Waals surface area contributed by atoms with Crippen LogP contribution in [0.25, 0.3) is 0 Å². The van der Waals surface area contributed by atoms with E-state index in [0.717, 1.165) is 18.6 Å². The molecule has 0 aliphatic rings. The maximum Gasteiger partial charge on any atom is 0.433 e. The summed E-state index contributed by atoms with van der Waals surface area (Å²) in [5, 5.41) is 6.80. The van der Waals surface area contributed by atoms with E-state index in [-0.39, 0.29) is 17.3 Å². The van der Waals surface area contributed by atoms with Crippen LogP contribution >= 0.6 is 0 Å². The van der Waals surface area contributed by atoms with E-state index in [9.17, 15) is 18.0 Å². The third-order valence-electron chi connectivity index (χ3n) is 3.54. The monoisotopic (exact) mass is 326 g/mol. The molecule has 2 aromatic rings. The smallest absolute Gasteiger partial charge is 0.307 e.